The zero-order valence-corrected chi connectivity index (χ0v) is 19.8. The van der Waals surface area contributed by atoms with Gasteiger partial charge in [0, 0.05) is 12.3 Å². The van der Waals surface area contributed by atoms with Gasteiger partial charge in [-0.2, -0.15) is 0 Å². The van der Waals surface area contributed by atoms with Gasteiger partial charge in [0.25, 0.3) is 0 Å². The molecule has 1 aromatic rings. The van der Waals surface area contributed by atoms with Gasteiger partial charge in [-0.1, -0.05) is 76.8 Å². The third-order valence-electron chi connectivity index (χ3n) is 6.96. The van der Waals surface area contributed by atoms with Crippen LogP contribution in [0.25, 0.3) is 0 Å². The number of esters is 1. The van der Waals surface area contributed by atoms with Crippen LogP contribution in [0.1, 0.15) is 121 Å². The third kappa shape index (κ3) is 9.25. The highest BCUT2D eigenvalue weighted by Gasteiger charge is 2.29. The van der Waals surface area contributed by atoms with Crippen LogP contribution in [0.3, 0.4) is 0 Å². The smallest absolute Gasteiger partial charge is 0.306 e. The van der Waals surface area contributed by atoms with Crippen LogP contribution in [0, 0.1) is 5.92 Å². The van der Waals surface area contributed by atoms with E-state index in [-0.39, 0.29) is 12.1 Å². The topological polar surface area (TPSA) is 35.5 Å². The Bertz CT molecular complexity index is 620. The van der Waals surface area contributed by atoms with Crippen molar-refractivity contribution in [3.63, 3.8) is 0 Å². The van der Waals surface area contributed by atoms with Crippen LogP contribution in [0.15, 0.2) is 24.3 Å². The summed E-state index contributed by atoms with van der Waals surface area (Å²) in [7, 11) is 0. The molecular weight excluding hydrogens is 384 g/mol. The lowest BCUT2D eigenvalue weighted by Crippen LogP contribution is -2.28. The Hall–Kier alpha value is -1.51. The first kappa shape index (κ1) is 24.1. The van der Waals surface area contributed by atoms with Gasteiger partial charge < -0.3 is 9.47 Å². The van der Waals surface area contributed by atoms with E-state index in [9.17, 15) is 4.79 Å². The fourth-order valence-electron chi connectivity index (χ4n) is 4.74. The van der Waals surface area contributed by atoms with Crippen molar-refractivity contribution in [3.8, 4) is 5.75 Å². The van der Waals surface area contributed by atoms with Crippen molar-refractivity contribution in [2.75, 3.05) is 6.61 Å². The van der Waals surface area contributed by atoms with Gasteiger partial charge >= 0.3 is 5.97 Å². The summed E-state index contributed by atoms with van der Waals surface area (Å²) in [5, 5.41) is 0. The molecule has 0 aliphatic heterocycles. The Morgan fingerprint density at radius 1 is 0.839 bits per heavy atom. The van der Waals surface area contributed by atoms with E-state index in [4.69, 9.17) is 9.47 Å². The molecule has 1 aromatic carbocycles. The van der Waals surface area contributed by atoms with Gasteiger partial charge in [-0.15, -0.1) is 0 Å². The van der Waals surface area contributed by atoms with Gasteiger partial charge in [-0.3, -0.25) is 4.79 Å². The number of carbonyl (C=O) groups is 1. The maximum Gasteiger partial charge on any atom is 0.306 e. The Balaban J connectivity index is 1.34. The van der Waals surface area contributed by atoms with Gasteiger partial charge in [-0.05, 0) is 62.1 Å². The molecule has 0 amide bonds. The number of ether oxygens (including phenoxy) is 2. The van der Waals surface area contributed by atoms with Gasteiger partial charge in [0.15, 0.2) is 0 Å². The van der Waals surface area contributed by atoms with Crippen LogP contribution >= 0.6 is 0 Å². The molecule has 3 heteroatoms. The Kier molecular flexibility index (Phi) is 10.8. The second-order valence-corrected chi connectivity index (χ2v) is 9.82. The van der Waals surface area contributed by atoms with Crippen molar-refractivity contribution in [2.24, 2.45) is 5.92 Å². The van der Waals surface area contributed by atoms with Crippen LogP contribution in [0.5, 0.6) is 5.75 Å². The van der Waals surface area contributed by atoms with E-state index >= 15 is 0 Å². The number of hydrogen-bond donors (Lipinski definition) is 0. The molecule has 0 saturated heterocycles. The fraction of sp³-hybridized carbons (Fsp3) is 0.750. The number of rotatable bonds is 15. The molecule has 174 valence electrons. The number of hydrogen-bond acceptors (Lipinski definition) is 3. The molecule has 3 rings (SSSR count). The SMILES string of the molecule is CCCCCCCCCCCC(=O)O[C@@H]1CCCC[C@H]1c1ccc(OCC2CC2)cc1. The predicted octanol–water partition coefficient (Wildman–Crippen LogP) is 7.97. The van der Waals surface area contributed by atoms with Crippen molar-refractivity contribution in [1.29, 1.82) is 0 Å². The summed E-state index contributed by atoms with van der Waals surface area (Å²) in [4.78, 5) is 12.5. The Morgan fingerprint density at radius 3 is 2.16 bits per heavy atom. The Morgan fingerprint density at radius 2 is 1.48 bits per heavy atom. The van der Waals surface area contributed by atoms with Crippen molar-refractivity contribution >= 4 is 5.97 Å². The molecule has 2 aliphatic carbocycles. The maximum atomic E-state index is 12.5. The standard InChI is InChI=1S/C28H44O3/c1-2-3-4-5-6-7-8-9-10-15-28(29)31-27-14-12-11-13-26(27)24-18-20-25(21-19-24)30-22-23-16-17-23/h18-21,23,26-27H,2-17,22H2,1H3/t26-,27+/m0/s1. The number of unbranched alkanes of at least 4 members (excludes halogenated alkanes) is 8. The predicted molar refractivity (Wildman–Crippen MR) is 128 cm³/mol. The number of carbonyl (C=O) groups excluding carboxylic acids is 1. The van der Waals surface area contributed by atoms with E-state index < -0.39 is 0 Å². The van der Waals surface area contributed by atoms with E-state index in [0.717, 1.165) is 50.4 Å². The lowest BCUT2D eigenvalue weighted by molar-refractivity contribution is -0.151. The van der Waals surface area contributed by atoms with Gasteiger partial charge in [0.05, 0.1) is 6.61 Å². The van der Waals surface area contributed by atoms with Crippen LogP contribution < -0.4 is 4.74 Å². The molecule has 3 nitrogen and oxygen atoms in total. The molecule has 0 unspecified atom stereocenters. The minimum atomic E-state index is 0.00392. The molecule has 0 spiro atoms. The summed E-state index contributed by atoms with van der Waals surface area (Å²) in [5.74, 6) is 2.07. The zero-order chi connectivity index (χ0) is 21.7. The highest BCUT2D eigenvalue weighted by molar-refractivity contribution is 5.69. The maximum absolute atomic E-state index is 12.5. The van der Waals surface area contributed by atoms with E-state index in [1.807, 2.05) is 0 Å². The second kappa shape index (κ2) is 13.8. The minimum Gasteiger partial charge on any atom is -0.493 e. The number of benzene rings is 1. The lowest BCUT2D eigenvalue weighted by Gasteiger charge is -2.31. The van der Waals surface area contributed by atoms with Gasteiger partial charge in [0.2, 0.25) is 0 Å². The van der Waals surface area contributed by atoms with E-state index in [1.165, 1.54) is 69.8 Å². The molecule has 0 N–H and O–H groups in total. The first-order chi connectivity index (χ1) is 15.3. The lowest BCUT2D eigenvalue weighted by atomic mass is 9.81. The summed E-state index contributed by atoms with van der Waals surface area (Å²) in [6.07, 6.45) is 19.2. The molecule has 2 aliphatic rings. The van der Waals surface area contributed by atoms with E-state index in [1.54, 1.807) is 0 Å². The monoisotopic (exact) mass is 428 g/mol. The van der Waals surface area contributed by atoms with Crippen LogP contribution in [-0.4, -0.2) is 18.7 Å². The molecule has 0 bridgehead atoms. The first-order valence-electron chi connectivity index (χ1n) is 13.2. The average Bonchev–Trinajstić information content (AvgIpc) is 3.62. The molecule has 2 saturated carbocycles. The van der Waals surface area contributed by atoms with Gasteiger partial charge in [-0.25, -0.2) is 0 Å². The van der Waals surface area contributed by atoms with E-state index in [0.29, 0.717) is 12.3 Å². The normalized spacial score (nSPS) is 21.1. The minimum absolute atomic E-state index is 0.00392. The highest BCUT2D eigenvalue weighted by atomic mass is 16.5. The summed E-state index contributed by atoms with van der Waals surface area (Å²) in [6, 6.07) is 8.54. The molecule has 0 aromatic heterocycles. The summed E-state index contributed by atoms with van der Waals surface area (Å²) in [6.45, 7) is 3.11. The highest BCUT2D eigenvalue weighted by Crippen LogP contribution is 2.36. The largest absolute Gasteiger partial charge is 0.493 e. The summed E-state index contributed by atoms with van der Waals surface area (Å²) >= 11 is 0. The Labute approximate surface area is 190 Å². The summed E-state index contributed by atoms with van der Waals surface area (Å²) in [5.41, 5.74) is 1.29. The quantitative estimate of drug-likeness (QED) is 0.210. The molecule has 2 fully saturated rings. The van der Waals surface area contributed by atoms with E-state index in [2.05, 4.69) is 31.2 Å². The third-order valence-corrected chi connectivity index (χ3v) is 6.96. The van der Waals surface area contributed by atoms with Gasteiger partial charge in [0.1, 0.15) is 11.9 Å². The molecule has 31 heavy (non-hydrogen) atoms. The van der Waals surface area contributed by atoms with Crippen molar-refractivity contribution in [1.82, 2.24) is 0 Å². The summed E-state index contributed by atoms with van der Waals surface area (Å²) < 4.78 is 11.9. The molecule has 0 radical (unpaired) electrons. The molecular formula is C28H44O3. The average molecular weight is 429 g/mol. The fourth-order valence-corrected chi connectivity index (χ4v) is 4.74. The zero-order valence-electron chi connectivity index (χ0n) is 19.8. The first-order valence-corrected chi connectivity index (χ1v) is 13.2. The van der Waals surface area contributed by atoms with Crippen molar-refractivity contribution < 1.29 is 14.3 Å². The van der Waals surface area contributed by atoms with Crippen LogP contribution in [0.2, 0.25) is 0 Å². The molecule has 2 atom stereocenters. The van der Waals surface area contributed by atoms with Crippen molar-refractivity contribution in [2.45, 2.75) is 122 Å². The van der Waals surface area contributed by atoms with Crippen LogP contribution in [0.4, 0.5) is 0 Å². The van der Waals surface area contributed by atoms with Crippen molar-refractivity contribution in [3.05, 3.63) is 29.8 Å². The second-order valence-electron chi connectivity index (χ2n) is 9.82. The molecule has 0 heterocycles. The van der Waals surface area contributed by atoms with Crippen LogP contribution in [-0.2, 0) is 9.53 Å².